The highest BCUT2D eigenvalue weighted by Gasteiger charge is 2.19. The Morgan fingerprint density at radius 1 is 0.892 bits per heavy atom. The first-order valence-corrected chi connectivity index (χ1v) is 14.8. The Morgan fingerprint density at radius 2 is 1.54 bits per heavy atom. The van der Waals surface area contributed by atoms with E-state index in [1.807, 2.05) is 37.3 Å². The number of hydrogen-bond donors (Lipinski definition) is 1. The number of anilines is 2. The average molecular weight is 551 g/mol. The maximum atomic E-state index is 12.9. The van der Waals surface area contributed by atoms with Crippen LogP contribution in [0, 0.1) is 6.92 Å². The van der Waals surface area contributed by atoms with Crippen LogP contribution in [0.4, 0.5) is 11.4 Å². The molecule has 0 aliphatic rings. The second kappa shape index (κ2) is 11.9. The van der Waals surface area contributed by atoms with E-state index in [1.54, 1.807) is 60.3 Å². The van der Waals surface area contributed by atoms with Crippen LogP contribution in [0.1, 0.15) is 27.0 Å². The van der Waals surface area contributed by atoms with Crippen molar-refractivity contribution in [2.75, 3.05) is 15.9 Å². The summed E-state index contributed by atoms with van der Waals surface area (Å²) in [6.07, 6.45) is 1.16. The number of hydrogen-bond acceptors (Lipinski definition) is 4. The highest BCUT2D eigenvalue weighted by molar-refractivity contribution is 7.98. The molecule has 0 fully saturated rings. The number of aryl methyl sites for hydroxylation is 1. The van der Waals surface area contributed by atoms with Crippen LogP contribution in [0.3, 0.4) is 0 Å². The lowest BCUT2D eigenvalue weighted by molar-refractivity contribution is 0.102. The molecule has 5 nitrogen and oxygen atoms in total. The van der Waals surface area contributed by atoms with Gasteiger partial charge < -0.3 is 5.32 Å². The molecule has 4 rings (SSSR count). The molecule has 1 amide bonds. The topological polar surface area (TPSA) is 66.5 Å². The second-order valence-corrected chi connectivity index (χ2v) is 12.0. The average Bonchev–Trinajstić information content (AvgIpc) is 2.88. The third-order valence-electron chi connectivity index (χ3n) is 5.74. The minimum Gasteiger partial charge on any atom is -0.322 e. The van der Waals surface area contributed by atoms with Gasteiger partial charge in [0.2, 0.25) is 10.0 Å². The lowest BCUT2D eigenvalue weighted by Crippen LogP contribution is -2.29. The zero-order chi connectivity index (χ0) is 26.4. The zero-order valence-electron chi connectivity index (χ0n) is 20.5. The van der Waals surface area contributed by atoms with Gasteiger partial charge in [-0.2, -0.15) is 0 Å². The fourth-order valence-electron chi connectivity index (χ4n) is 3.77. The first-order chi connectivity index (χ1) is 17.7. The number of thioether (sulfide) groups is 1. The largest absolute Gasteiger partial charge is 0.322 e. The van der Waals surface area contributed by atoms with Gasteiger partial charge >= 0.3 is 0 Å². The van der Waals surface area contributed by atoms with Crippen molar-refractivity contribution in [3.63, 3.8) is 0 Å². The molecule has 0 saturated carbocycles. The van der Waals surface area contributed by atoms with Gasteiger partial charge in [0.05, 0.1) is 18.5 Å². The Bertz CT molecular complexity index is 1470. The monoisotopic (exact) mass is 550 g/mol. The van der Waals surface area contributed by atoms with E-state index in [-0.39, 0.29) is 12.5 Å². The number of amides is 1. The molecule has 0 unspecified atom stereocenters. The first-order valence-electron chi connectivity index (χ1n) is 11.6. The third kappa shape index (κ3) is 7.38. The Balaban J connectivity index is 1.43. The van der Waals surface area contributed by atoms with Gasteiger partial charge in [-0.1, -0.05) is 54.1 Å². The molecule has 0 atom stereocenters. The summed E-state index contributed by atoms with van der Waals surface area (Å²) in [5.41, 5.74) is 4.61. The number of nitrogens with one attached hydrogen (secondary N) is 1. The van der Waals surface area contributed by atoms with E-state index in [2.05, 4.69) is 23.5 Å². The number of sulfonamides is 1. The number of nitrogens with zero attached hydrogens (tertiary/aromatic N) is 1. The third-order valence-corrected chi connectivity index (χ3v) is 8.22. The number of halogens is 1. The molecule has 0 saturated heterocycles. The lowest BCUT2D eigenvalue weighted by Gasteiger charge is -2.23. The molecular formula is C29H27ClN2O3S2. The van der Waals surface area contributed by atoms with Crippen molar-refractivity contribution < 1.29 is 13.2 Å². The summed E-state index contributed by atoms with van der Waals surface area (Å²) >= 11 is 7.71. The summed E-state index contributed by atoms with van der Waals surface area (Å²) in [5, 5.41) is 3.55. The maximum Gasteiger partial charge on any atom is 0.255 e. The molecule has 1 N–H and O–H groups in total. The van der Waals surface area contributed by atoms with E-state index < -0.39 is 10.0 Å². The fourth-order valence-corrected chi connectivity index (χ4v) is 5.65. The summed E-state index contributed by atoms with van der Waals surface area (Å²) in [7, 11) is -3.54. The van der Waals surface area contributed by atoms with Crippen molar-refractivity contribution in [3.05, 3.63) is 124 Å². The minimum absolute atomic E-state index is 0.162. The molecule has 8 heteroatoms. The standard InChI is InChI=1S/C29H27ClN2O3S2/c1-21-18-23(20-36-27-6-4-3-5-7-27)10-17-28(21)31-29(33)24-11-15-26(16-12-24)32(37(2,34)35)19-22-8-13-25(30)14-9-22/h3-18H,19-20H2,1-2H3,(H,31,33). The molecule has 0 bridgehead atoms. The number of carbonyl (C=O) groups excluding carboxylic acids is 1. The highest BCUT2D eigenvalue weighted by atomic mass is 35.5. The van der Waals surface area contributed by atoms with Crippen molar-refractivity contribution in [2.24, 2.45) is 0 Å². The summed E-state index contributed by atoms with van der Waals surface area (Å²) < 4.78 is 26.2. The number of carbonyl (C=O) groups is 1. The molecule has 0 heterocycles. The number of rotatable bonds is 9. The van der Waals surface area contributed by atoms with Gasteiger partial charge in [-0.3, -0.25) is 9.10 Å². The molecule has 0 spiro atoms. The van der Waals surface area contributed by atoms with Crippen LogP contribution in [0.5, 0.6) is 0 Å². The van der Waals surface area contributed by atoms with E-state index >= 15 is 0 Å². The minimum atomic E-state index is -3.54. The van der Waals surface area contributed by atoms with Crippen LogP contribution in [0.15, 0.2) is 102 Å². The molecule has 37 heavy (non-hydrogen) atoms. The summed E-state index contributed by atoms with van der Waals surface area (Å²) in [6, 6.07) is 29.8. The molecule has 0 radical (unpaired) electrons. The molecule has 190 valence electrons. The van der Waals surface area contributed by atoms with Crippen LogP contribution in [0.2, 0.25) is 5.02 Å². The zero-order valence-corrected chi connectivity index (χ0v) is 22.9. The normalized spacial score (nSPS) is 11.2. The Hall–Kier alpha value is -3.26. The van der Waals surface area contributed by atoms with Crippen molar-refractivity contribution in [2.45, 2.75) is 24.1 Å². The van der Waals surface area contributed by atoms with Crippen LogP contribution >= 0.6 is 23.4 Å². The molecule has 0 aliphatic carbocycles. The van der Waals surface area contributed by atoms with Crippen molar-refractivity contribution in [1.29, 1.82) is 0 Å². The van der Waals surface area contributed by atoms with Crippen LogP contribution in [-0.2, 0) is 22.3 Å². The van der Waals surface area contributed by atoms with E-state index in [4.69, 9.17) is 11.6 Å². The molecule has 4 aromatic carbocycles. The van der Waals surface area contributed by atoms with Crippen LogP contribution < -0.4 is 9.62 Å². The van der Waals surface area contributed by atoms with Crippen LogP contribution in [0.25, 0.3) is 0 Å². The van der Waals surface area contributed by atoms with Gasteiger partial charge in [0, 0.05) is 26.9 Å². The van der Waals surface area contributed by atoms with Crippen molar-refractivity contribution >= 4 is 50.7 Å². The summed E-state index contributed by atoms with van der Waals surface area (Å²) in [5.74, 6) is 0.581. The second-order valence-electron chi connectivity index (χ2n) is 8.65. The smallest absolute Gasteiger partial charge is 0.255 e. The van der Waals surface area contributed by atoms with E-state index in [9.17, 15) is 13.2 Å². The van der Waals surface area contributed by atoms with Gasteiger partial charge in [-0.05, 0) is 78.2 Å². The Kier molecular flexibility index (Phi) is 8.59. The molecule has 4 aromatic rings. The predicted octanol–water partition coefficient (Wildman–Crippen LogP) is 7.16. The van der Waals surface area contributed by atoms with Crippen molar-refractivity contribution in [1.82, 2.24) is 0 Å². The Morgan fingerprint density at radius 3 is 2.16 bits per heavy atom. The lowest BCUT2D eigenvalue weighted by atomic mass is 10.1. The highest BCUT2D eigenvalue weighted by Crippen LogP contribution is 2.26. The van der Waals surface area contributed by atoms with Gasteiger partial charge in [-0.25, -0.2) is 8.42 Å². The van der Waals surface area contributed by atoms with Gasteiger partial charge in [-0.15, -0.1) is 11.8 Å². The van der Waals surface area contributed by atoms with E-state index in [0.717, 1.165) is 28.8 Å². The summed E-state index contributed by atoms with van der Waals surface area (Å²) in [6.45, 7) is 2.13. The SMILES string of the molecule is Cc1cc(CSc2ccccc2)ccc1NC(=O)c1ccc(N(Cc2ccc(Cl)cc2)S(C)(=O)=O)cc1. The van der Waals surface area contributed by atoms with Gasteiger partial charge in [0.15, 0.2) is 0 Å². The molecular weight excluding hydrogens is 524 g/mol. The Labute approximate surface area is 227 Å². The number of benzene rings is 4. The van der Waals surface area contributed by atoms with E-state index in [0.29, 0.717) is 16.3 Å². The molecule has 0 aromatic heterocycles. The molecule has 0 aliphatic heterocycles. The predicted molar refractivity (Wildman–Crippen MR) is 154 cm³/mol. The van der Waals surface area contributed by atoms with Crippen LogP contribution in [-0.4, -0.2) is 20.6 Å². The quantitative estimate of drug-likeness (QED) is 0.224. The maximum absolute atomic E-state index is 12.9. The van der Waals surface area contributed by atoms with Gasteiger partial charge in [0.25, 0.3) is 5.91 Å². The van der Waals surface area contributed by atoms with Crippen molar-refractivity contribution in [3.8, 4) is 0 Å². The van der Waals surface area contributed by atoms with E-state index in [1.165, 1.54) is 14.8 Å². The van der Waals surface area contributed by atoms with Gasteiger partial charge in [0.1, 0.15) is 0 Å². The summed E-state index contributed by atoms with van der Waals surface area (Å²) in [4.78, 5) is 14.1. The fraction of sp³-hybridized carbons (Fsp3) is 0.138. The first kappa shape index (κ1) is 26.8.